The molecular weight excluding hydrogens is 327 g/mol. The van der Waals surface area contributed by atoms with Crippen molar-refractivity contribution >= 4 is 5.91 Å². The van der Waals surface area contributed by atoms with Crippen LogP contribution in [-0.2, 0) is 13.0 Å². The summed E-state index contributed by atoms with van der Waals surface area (Å²) in [6.45, 7) is 4.73. The molecule has 0 unspecified atom stereocenters. The minimum atomic E-state index is -0.155. The van der Waals surface area contributed by atoms with Crippen LogP contribution in [0, 0.1) is 11.7 Å². The van der Waals surface area contributed by atoms with Crippen LogP contribution in [0.3, 0.4) is 0 Å². The van der Waals surface area contributed by atoms with E-state index in [-0.39, 0.29) is 11.7 Å². The molecule has 0 aliphatic carbocycles. The molecule has 2 heterocycles. The summed E-state index contributed by atoms with van der Waals surface area (Å²) in [7, 11) is 0. The molecule has 0 spiro atoms. The van der Waals surface area contributed by atoms with Gasteiger partial charge in [-0.2, -0.15) is 0 Å². The Morgan fingerprint density at radius 3 is 2.62 bits per heavy atom. The fourth-order valence-corrected chi connectivity index (χ4v) is 4.15. The standard InChI is InChI=1S/C22H25FN2O/c23-20-6-3-4-17(14-20)8-11-24-12-9-18(10-13-24)15-25-16-19-5-1-2-7-21(19)22(25)26/h1-7,14,18H,8-13,15-16H2. The molecule has 2 aliphatic rings. The lowest BCUT2D eigenvalue weighted by atomic mass is 9.96. The lowest BCUT2D eigenvalue weighted by Crippen LogP contribution is -2.39. The number of amides is 1. The highest BCUT2D eigenvalue weighted by Gasteiger charge is 2.29. The average Bonchev–Trinajstić information content (AvgIpc) is 2.97. The van der Waals surface area contributed by atoms with Crippen molar-refractivity contribution in [2.24, 2.45) is 5.92 Å². The third-order valence-electron chi connectivity index (χ3n) is 5.69. The van der Waals surface area contributed by atoms with E-state index >= 15 is 0 Å². The van der Waals surface area contributed by atoms with Gasteiger partial charge in [0.1, 0.15) is 5.82 Å². The van der Waals surface area contributed by atoms with E-state index in [9.17, 15) is 9.18 Å². The third-order valence-corrected chi connectivity index (χ3v) is 5.69. The van der Waals surface area contributed by atoms with Gasteiger partial charge in [-0.05, 0) is 67.6 Å². The van der Waals surface area contributed by atoms with Crippen LogP contribution in [0.1, 0.15) is 34.3 Å². The van der Waals surface area contributed by atoms with Crippen LogP contribution in [0.25, 0.3) is 0 Å². The lowest BCUT2D eigenvalue weighted by molar-refractivity contribution is 0.0714. The Bertz CT molecular complexity index is 783. The van der Waals surface area contributed by atoms with Gasteiger partial charge in [-0.15, -0.1) is 0 Å². The minimum Gasteiger partial charge on any atom is -0.334 e. The minimum absolute atomic E-state index is 0.155. The number of carbonyl (C=O) groups is 1. The number of hydrogen-bond acceptors (Lipinski definition) is 2. The van der Waals surface area contributed by atoms with E-state index in [0.29, 0.717) is 5.92 Å². The predicted octanol–water partition coefficient (Wildman–Crippen LogP) is 3.74. The molecule has 0 atom stereocenters. The number of halogens is 1. The highest BCUT2D eigenvalue weighted by atomic mass is 19.1. The van der Waals surface area contributed by atoms with E-state index < -0.39 is 0 Å². The molecule has 2 aliphatic heterocycles. The molecule has 0 saturated carbocycles. The Morgan fingerprint density at radius 2 is 1.85 bits per heavy atom. The Labute approximate surface area is 154 Å². The number of carbonyl (C=O) groups excluding carboxylic acids is 1. The summed E-state index contributed by atoms with van der Waals surface area (Å²) in [6, 6.07) is 14.8. The van der Waals surface area contributed by atoms with E-state index in [0.717, 1.165) is 68.7 Å². The maximum absolute atomic E-state index is 13.3. The van der Waals surface area contributed by atoms with Crippen molar-refractivity contribution in [3.63, 3.8) is 0 Å². The van der Waals surface area contributed by atoms with Gasteiger partial charge in [-0.1, -0.05) is 30.3 Å². The normalized spacial score (nSPS) is 18.3. The first-order chi connectivity index (χ1) is 12.7. The van der Waals surface area contributed by atoms with Gasteiger partial charge in [-0.3, -0.25) is 4.79 Å². The summed E-state index contributed by atoms with van der Waals surface area (Å²) in [5, 5.41) is 0. The average molecular weight is 352 g/mol. The number of fused-ring (bicyclic) bond motifs is 1. The molecule has 26 heavy (non-hydrogen) atoms. The van der Waals surface area contributed by atoms with E-state index in [2.05, 4.69) is 11.0 Å². The number of rotatable bonds is 5. The third kappa shape index (κ3) is 3.80. The fraction of sp³-hybridized carbons (Fsp3) is 0.409. The molecule has 2 aromatic rings. The largest absolute Gasteiger partial charge is 0.334 e. The van der Waals surface area contributed by atoms with Gasteiger partial charge >= 0.3 is 0 Å². The molecule has 0 N–H and O–H groups in total. The van der Waals surface area contributed by atoms with Crippen LogP contribution in [0.15, 0.2) is 48.5 Å². The van der Waals surface area contributed by atoms with Gasteiger partial charge in [0.25, 0.3) is 5.91 Å². The van der Waals surface area contributed by atoms with Crippen molar-refractivity contribution in [3.8, 4) is 0 Å². The zero-order valence-electron chi connectivity index (χ0n) is 15.0. The molecule has 0 radical (unpaired) electrons. The monoisotopic (exact) mass is 352 g/mol. The molecule has 0 aromatic heterocycles. The predicted molar refractivity (Wildman–Crippen MR) is 100 cm³/mol. The summed E-state index contributed by atoms with van der Waals surface area (Å²) in [6.07, 6.45) is 3.15. The van der Waals surface area contributed by atoms with E-state index in [1.807, 2.05) is 29.2 Å². The summed E-state index contributed by atoms with van der Waals surface area (Å²) in [5.74, 6) is 0.616. The molecule has 1 fully saturated rings. The highest BCUT2D eigenvalue weighted by Crippen LogP contribution is 2.26. The quantitative estimate of drug-likeness (QED) is 0.818. The van der Waals surface area contributed by atoms with Gasteiger partial charge in [0.05, 0.1) is 0 Å². The number of nitrogens with zero attached hydrogens (tertiary/aromatic N) is 2. The van der Waals surface area contributed by atoms with Crippen LogP contribution in [0.5, 0.6) is 0 Å². The van der Waals surface area contributed by atoms with E-state index in [1.165, 1.54) is 6.07 Å². The summed E-state index contributed by atoms with van der Waals surface area (Å²) in [4.78, 5) is 17.0. The number of likely N-dealkylation sites (tertiary alicyclic amines) is 1. The summed E-state index contributed by atoms with van der Waals surface area (Å²) in [5.41, 5.74) is 3.10. The van der Waals surface area contributed by atoms with Crippen molar-refractivity contribution in [1.82, 2.24) is 9.80 Å². The smallest absolute Gasteiger partial charge is 0.254 e. The van der Waals surface area contributed by atoms with Gasteiger partial charge < -0.3 is 9.80 Å². The van der Waals surface area contributed by atoms with Gasteiger partial charge in [0.2, 0.25) is 0 Å². The second-order valence-electron chi connectivity index (χ2n) is 7.51. The van der Waals surface area contributed by atoms with Gasteiger partial charge in [-0.25, -0.2) is 4.39 Å². The molecule has 4 heteroatoms. The van der Waals surface area contributed by atoms with Crippen molar-refractivity contribution in [2.75, 3.05) is 26.2 Å². The van der Waals surface area contributed by atoms with Gasteiger partial charge in [0, 0.05) is 25.2 Å². The zero-order valence-corrected chi connectivity index (χ0v) is 15.0. The Kier molecular flexibility index (Phi) is 5.02. The van der Waals surface area contributed by atoms with Crippen molar-refractivity contribution in [3.05, 3.63) is 71.0 Å². The molecule has 1 saturated heterocycles. The van der Waals surface area contributed by atoms with E-state index in [1.54, 1.807) is 12.1 Å². The first-order valence-electron chi connectivity index (χ1n) is 9.53. The van der Waals surface area contributed by atoms with Gasteiger partial charge in [0.15, 0.2) is 0 Å². The van der Waals surface area contributed by atoms with Crippen LogP contribution >= 0.6 is 0 Å². The fourth-order valence-electron chi connectivity index (χ4n) is 4.15. The Hall–Kier alpha value is -2.20. The molecule has 136 valence electrons. The zero-order chi connectivity index (χ0) is 17.9. The van der Waals surface area contributed by atoms with Crippen LogP contribution in [0.4, 0.5) is 4.39 Å². The van der Waals surface area contributed by atoms with Crippen molar-refractivity contribution in [1.29, 1.82) is 0 Å². The van der Waals surface area contributed by atoms with Crippen LogP contribution in [0.2, 0.25) is 0 Å². The number of piperidine rings is 1. The summed E-state index contributed by atoms with van der Waals surface area (Å²) >= 11 is 0. The molecular formula is C22H25FN2O. The van der Waals surface area contributed by atoms with Crippen molar-refractivity contribution in [2.45, 2.75) is 25.8 Å². The maximum Gasteiger partial charge on any atom is 0.254 e. The lowest BCUT2D eigenvalue weighted by Gasteiger charge is -2.33. The maximum atomic E-state index is 13.3. The number of benzene rings is 2. The van der Waals surface area contributed by atoms with E-state index in [4.69, 9.17) is 0 Å². The number of hydrogen-bond donors (Lipinski definition) is 0. The molecule has 0 bridgehead atoms. The first kappa shape index (κ1) is 17.2. The SMILES string of the molecule is O=C1c2ccccc2CN1CC1CCN(CCc2cccc(F)c2)CC1. The highest BCUT2D eigenvalue weighted by molar-refractivity contribution is 5.98. The van der Waals surface area contributed by atoms with Crippen LogP contribution in [-0.4, -0.2) is 41.9 Å². The second kappa shape index (κ2) is 7.58. The second-order valence-corrected chi connectivity index (χ2v) is 7.51. The Morgan fingerprint density at radius 1 is 1.04 bits per heavy atom. The molecule has 4 rings (SSSR count). The van der Waals surface area contributed by atoms with Crippen molar-refractivity contribution < 1.29 is 9.18 Å². The Balaban J connectivity index is 1.24. The summed E-state index contributed by atoms with van der Waals surface area (Å²) < 4.78 is 13.3. The molecule has 3 nitrogen and oxygen atoms in total. The topological polar surface area (TPSA) is 23.6 Å². The molecule has 2 aromatic carbocycles. The first-order valence-corrected chi connectivity index (χ1v) is 9.53. The molecule has 1 amide bonds. The van der Waals surface area contributed by atoms with Crippen LogP contribution < -0.4 is 0 Å².